The first-order valence-electron chi connectivity index (χ1n) is 8.58. The van der Waals surface area contributed by atoms with Crippen molar-refractivity contribution in [2.75, 3.05) is 18.0 Å². The molecule has 1 aliphatic heterocycles. The Labute approximate surface area is 128 Å². The number of rotatable bonds is 4. The van der Waals surface area contributed by atoms with Crippen molar-refractivity contribution >= 4 is 5.69 Å². The van der Waals surface area contributed by atoms with E-state index in [-0.39, 0.29) is 12.1 Å². The highest BCUT2D eigenvalue weighted by Gasteiger charge is 2.20. The van der Waals surface area contributed by atoms with Gasteiger partial charge in [0.15, 0.2) is 0 Å². The second-order valence-corrected chi connectivity index (χ2v) is 6.55. The minimum absolute atomic E-state index is 0.170. The zero-order valence-electron chi connectivity index (χ0n) is 12.9. The van der Waals surface area contributed by atoms with E-state index < -0.39 is 0 Å². The SMILES string of the molecule is OC1CCCCCC1NCc1ccc(N2CCCC2)cc1. The van der Waals surface area contributed by atoms with Crippen molar-refractivity contribution in [2.45, 2.75) is 63.6 Å². The van der Waals surface area contributed by atoms with Gasteiger partial charge in [-0.25, -0.2) is 0 Å². The standard InChI is InChI=1S/C18H28N2O/c21-18-7-3-1-2-6-17(18)19-14-15-8-10-16(11-9-15)20-12-4-5-13-20/h8-11,17-19,21H,1-7,12-14H2. The topological polar surface area (TPSA) is 35.5 Å². The quantitative estimate of drug-likeness (QED) is 0.836. The smallest absolute Gasteiger partial charge is 0.0693 e. The molecule has 1 saturated heterocycles. The molecule has 1 aliphatic carbocycles. The summed E-state index contributed by atoms with van der Waals surface area (Å²) in [4.78, 5) is 2.46. The Bertz CT molecular complexity index is 425. The van der Waals surface area contributed by atoms with Gasteiger partial charge in [-0.3, -0.25) is 0 Å². The van der Waals surface area contributed by atoms with E-state index in [0.29, 0.717) is 0 Å². The molecule has 2 unspecified atom stereocenters. The summed E-state index contributed by atoms with van der Waals surface area (Å²) in [5.41, 5.74) is 2.67. The zero-order valence-corrected chi connectivity index (χ0v) is 12.9. The lowest BCUT2D eigenvalue weighted by Gasteiger charge is -2.22. The van der Waals surface area contributed by atoms with E-state index in [4.69, 9.17) is 0 Å². The van der Waals surface area contributed by atoms with Gasteiger partial charge in [0.05, 0.1) is 6.10 Å². The molecule has 21 heavy (non-hydrogen) atoms. The average molecular weight is 288 g/mol. The first-order chi connectivity index (χ1) is 10.3. The van der Waals surface area contributed by atoms with Crippen LogP contribution in [0.15, 0.2) is 24.3 Å². The molecule has 3 nitrogen and oxygen atoms in total. The molecule has 3 heteroatoms. The van der Waals surface area contributed by atoms with Crippen molar-refractivity contribution < 1.29 is 5.11 Å². The zero-order chi connectivity index (χ0) is 14.5. The van der Waals surface area contributed by atoms with E-state index in [1.807, 2.05) is 0 Å². The van der Waals surface area contributed by atoms with E-state index in [2.05, 4.69) is 34.5 Å². The second-order valence-electron chi connectivity index (χ2n) is 6.55. The van der Waals surface area contributed by atoms with Crippen molar-refractivity contribution in [3.63, 3.8) is 0 Å². The van der Waals surface area contributed by atoms with Gasteiger partial charge in [-0.05, 0) is 43.4 Å². The van der Waals surface area contributed by atoms with Gasteiger partial charge in [-0.2, -0.15) is 0 Å². The molecule has 0 spiro atoms. The van der Waals surface area contributed by atoms with Crippen LogP contribution in [-0.4, -0.2) is 30.3 Å². The highest BCUT2D eigenvalue weighted by molar-refractivity contribution is 5.48. The van der Waals surface area contributed by atoms with Gasteiger partial charge < -0.3 is 15.3 Å². The van der Waals surface area contributed by atoms with Crippen LogP contribution in [0.1, 0.15) is 50.5 Å². The Morgan fingerprint density at radius 3 is 2.43 bits per heavy atom. The minimum atomic E-state index is -0.170. The molecule has 0 aromatic heterocycles. The molecule has 2 fully saturated rings. The highest BCUT2D eigenvalue weighted by atomic mass is 16.3. The van der Waals surface area contributed by atoms with Gasteiger partial charge in [0, 0.05) is 31.4 Å². The van der Waals surface area contributed by atoms with Crippen molar-refractivity contribution in [1.29, 1.82) is 0 Å². The number of nitrogens with zero attached hydrogens (tertiary/aromatic N) is 1. The number of hydrogen-bond donors (Lipinski definition) is 2. The third kappa shape index (κ3) is 3.98. The lowest BCUT2D eigenvalue weighted by Crippen LogP contribution is -2.38. The van der Waals surface area contributed by atoms with Crippen LogP contribution in [0.25, 0.3) is 0 Å². The van der Waals surface area contributed by atoms with Gasteiger partial charge in [-0.15, -0.1) is 0 Å². The molecule has 1 aromatic rings. The maximum absolute atomic E-state index is 10.1. The molecular formula is C18H28N2O. The molecule has 2 atom stereocenters. The molecule has 0 radical (unpaired) electrons. The maximum atomic E-state index is 10.1. The lowest BCUT2D eigenvalue weighted by molar-refractivity contribution is 0.119. The van der Waals surface area contributed by atoms with Crippen molar-refractivity contribution in [3.05, 3.63) is 29.8 Å². The number of aliphatic hydroxyl groups is 1. The van der Waals surface area contributed by atoms with Crippen LogP contribution in [0.2, 0.25) is 0 Å². The Morgan fingerprint density at radius 1 is 0.952 bits per heavy atom. The summed E-state index contributed by atoms with van der Waals surface area (Å²) in [6.07, 6.45) is 8.20. The highest BCUT2D eigenvalue weighted by Crippen LogP contribution is 2.21. The summed E-state index contributed by atoms with van der Waals surface area (Å²) in [6.45, 7) is 3.26. The summed E-state index contributed by atoms with van der Waals surface area (Å²) in [5.74, 6) is 0. The number of benzene rings is 1. The van der Waals surface area contributed by atoms with Crippen LogP contribution in [0.3, 0.4) is 0 Å². The molecule has 2 aliphatic rings. The van der Waals surface area contributed by atoms with Crippen molar-refractivity contribution in [1.82, 2.24) is 5.32 Å². The fourth-order valence-corrected chi connectivity index (χ4v) is 3.58. The monoisotopic (exact) mass is 288 g/mol. The fraction of sp³-hybridized carbons (Fsp3) is 0.667. The van der Waals surface area contributed by atoms with Gasteiger partial charge >= 0.3 is 0 Å². The van der Waals surface area contributed by atoms with Crippen LogP contribution in [-0.2, 0) is 6.54 Å². The van der Waals surface area contributed by atoms with Gasteiger partial charge in [0.25, 0.3) is 0 Å². The first kappa shape index (κ1) is 14.9. The van der Waals surface area contributed by atoms with E-state index in [1.54, 1.807) is 0 Å². The van der Waals surface area contributed by atoms with E-state index >= 15 is 0 Å². The Hall–Kier alpha value is -1.06. The first-order valence-corrected chi connectivity index (χ1v) is 8.58. The van der Waals surface area contributed by atoms with Crippen LogP contribution >= 0.6 is 0 Å². The Kier molecular flexibility index (Phi) is 5.15. The number of nitrogens with one attached hydrogen (secondary N) is 1. The van der Waals surface area contributed by atoms with Crippen molar-refractivity contribution in [2.24, 2.45) is 0 Å². The van der Waals surface area contributed by atoms with E-state index in [1.165, 1.54) is 56.4 Å². The Balaban J connectivity index is 1.52. The lowest BCUT2D eigenvalue weighted by atomic mass is 10.1. The predicted molar refractivity (Wildman–Crippen MR) is 87.6 cm³/mol. The fourth-order valence-electron chi connectivity index (χ4n) is 3.58. The largest absolute Gasteiger partial charge is 0.392 e. The molecule has 0 amide bonds. The molecule has 0 bridgehead atoms. The molecular weight excluding hydrogens is 260 g/mol. The van der Waals surface area contributed by atoms with Crippen molar-refractivity contribution in [3.8, 4) is 0 Å². The Morgan fingerprint density at radius 2 is 1.67 bits per heavy atom. The minimum Gasteiger partial charge on any atom is -0.392 e. The third-order valence-corrected chi connectivity index (χ3v) is 4.96. The normalized spacial score (nSPS) is 26.8. The molecule has 1 aromatic carbocycles. The van der Waals surface area contributed by atoms with Gasteiger partial charge in [-0.1, -0.05) is 31.4 Å². The van der Waals surface area contributed by atoms with E-state index in [9.17, 15) is 5.11 Å². The van der Waals surface area contributed by atoms with Crippen LogP contribution in [0.5, 0.6) is 0 Å². The third-order valence-electron chi connectivity index (χ3n) is 4.96. The summed E-state index contributed by atoms with van der Waals surface area (Å²) in [7, 11) is 0. The second kappa shape index (κ2) is 7.28. The summed E-state index contributed by atoms with van der Waals surface area (Å²) >= 11 is 0. The molecule has 1 heterocycles. The van der Waals surface area contributed by atoms with Crippen LogP contribution in [0.4, 0.5) is 5.69 Å². The van der Waals surface area contributed by atoms with Crippen LogP contribution in [0, 0.1) is 0 Å². The number of anilines is 1. The maximum Gasteiger partial charge on any atom is 0.0693 e. The molecule has 1 saturated carbocycles. The molecule has 2 N–H and O–H groups in total. The molecule has 116 valence electrons. The number of hydrogen-bond acceptors (Lipinski definition) is 3. The van der Waals surface area contributed by atoms with E-state index in [0.717, 1.165) is 19.4 Å². The number of aliphatic hydroxyl groups excluding tert-OH is 1. The summed E-state index contributed by atoms with van der Waals surface area (Å²) in [6, 6.07) is 9.20. The van der Waals surface area contributed by atoms with Gasteiger partial charge in [0.2, 0.25) is 0 Å². The van der Waals surface area contributed by atoms with Gasteiger partial charge in [0.1, 0.15) is 0 Å². The summed E-state index contributed by atoms with van der Waals surface area (Å²) < 4.78 is 0. The summed E-state index contributed by atoms with van der Waals surface area (Å²) in [5, 5.41) is 13.7. The van der Waals surface area contributed by atoms with Crippen LogP contribution < -0.4 is 10.2 Å². The average Bonchev–Trinajstić information content (AvgIpc) is 2.97. The molecule has 3 rings (SSSR count). The predicted octanol–water partition coefficient (Wildman–Crippen LogP) is 3.07.